The van der Waals surface area contributed by atoms with Gasteiger partial charge in [-0.15, -0.1) is 0 Å². The van der Waals surface area contributed by atoms with Crippen LogP contribution in [0.3, 0.4) is 0 Å². The molecule has 2 heterocycles. The molecular formula is C25H34F3N3O4S. The molecule has 1 aromatic carbocycles. The van der Waals surface area contributed by atoms with Gasteiger partial charge in [0.1, 0.15) is 0 Å². The maximum Gasteiger partial charge on any atom is 0.258 e. The zero-order chi connectivity index (χ0) is 26.7. The van der Waals surface area contributed by atoms with Crippen molar-refractivity contribution >= 4 is 21.7 Å². The summed E-state index contributed by atoms with van der Waals surface area (Å²) in [5.41, 5.74) is -0.257. The van der Waals surface area contributed by atoms with Crippen LogP contribution in [0.2, 0.25) is 0 Å². The van der Waals surface area contributed by atoms with Gasteiger partial charge in [-0.3, -0.25) is 14.5 Å². The second kappa shape index (κ2) is 11.3. The van der Waals surface area contributed by atoms with Crippen LogP contribution >= 0.6 is 0 Å². The quantitative estimate of drug-likeness (QED) is 0.560. The lowest BCUT2D eigenvalue weighted by atomic mass is 9.84. The number of carbonyl (C=O) groups excluding carboxylic acids is 2. The Balaban J connectivity index is 1.67. The molecule has 2 fully saturated rings. The third-order valence-electron chi connectivity index (χ3n) is 6.94. The summed E-state index contributed by atoms with van der Waals surface area (Å²) in [6.45, 7) is 3.66. The SMILES string of the molecule is Cc1ccccc1[C@@H]1CN(CC(F)F)C[C@@H]1C(=O)N1CCC(F)(C(=O)N[C@H](C)/C=C\S(C)(=O)=O)CC1. The van der Waals surface area contributed by atoms with Crippen LogP contribution in [-0.2, 0) is 19.4 Å². The smallest absolute Gasteiger partial charge is 0.258 e. The van der Waals surface area contributed by atoms with Gasteiger partial charge in [0.05, 0.1) is 12.5 Å². The molecule has 2 amide bonds. The highest BCUT2D eigenvalue weighted by Crippen LogP contribution is 2.37. The highest BCUT2D eigenvalue weighted by molar-refractivity contribution is 7.93. The molecule has 1 aromatic rings. The molecule has 7 nitrogen and oxygen atoms in total. The predicted molar refractivity (Wildman–Crippen MR) is 131 cm³/mol. The van der Waals surface area contributed by atoms with Gasteiger partial charge in [0.15, 0.2) is 15.5 Å². The molecule has 0 radical (unpaired) electrons. The number of hydrogen-bond donors (Lipinski definition) is 1. The highest BCUT2D eigenvalue weighted by atomic mass is 32.2. The van der Waals surface area contributed by atoms with Gasteiger partial charge in [-0.2, -0.15) is 0 Å². The molecule has 1 N–H and O–H groups in total. The molecular weight excluding hydrogens is 495 g/mol. The lowest BCUT2D eigenvalue weighted by Crippen LogP contribution is -2.54. The molecule has 2 aliphatic rings. The molecule has 0 aliphatic carbocycles. The van der Waals surface area contributed by atoms with Crippen molar-refractivity contribution in [3.63, 3.8) is 0 Å². The van der Waals surface area contributed by atoms with Crippen LogP contribution in [0.4, 0.5) is 13.2 Å². The fourth-order valence-electron chi connectivity index (χ4n) is 4.99. The number of nitrogens with one attached hydrogen (secondary N) is 1. The standard InChI is InChI=1S/C25H34F3N3O4S/c1-17-6-4-5-7-19(17)20-14-30(16-22(26)27)15-21(20)23(32)31-11-9-25(28,10-12-31)24(33)29-18(2)8-13-36(3,34)35/h4-8,13,18,20-22H,9-12,14-16H2,1-3H3,(H,29,33)/b13-8-/t18-,20+,21+/m1/s1. The first-order valence-corrected chi connectivity index (χ1v) is 14.0. The minimum absolute atomic E-state index is 0.0299. The Hall–Kier alpha value is -2.40. The van der Waals surface area contributed by atoms with E-state index < -0.39 is 46.3 Å². The van der Waals surface area contributed by atoms with Crippen LogP contribution in [-0.4, -0.2) is 87.1 Å². The minimum atomic E-state index is -3.37. The summed E-state index contributed by atoms with van der Waals surface area (Å²) in [5, 5.41) is 3.43. The van der Waals surface area contributed by atoms with Crippen LogP contribution in [0.1, 0.15) is 36.8 Å². The van der Waals surface area contributed by atoms with Gasteiger partial charge in [-0.25, -0.2) is 21.6 Å². The van der Waals surface area contributed by atoms with Crippen molar-refractivity contribution in [3.8, 4) is 0 Å². The van der Waals surface area contributed by atoms with Crippen molar-refractivity contribution in [2.45, 2.75) is 50.7 Å². The first-order chi connectivity index (χ1) is 16.8. The number of likely N-dealkylation sites (tertiary alicyclic amines) is 2. The van der Waals surface area contributed by atoms with Crippen LogP contribution in [0.25, 0.3) is 0 Å². The maximum atomic E-state index is 15.4. The summed E-state index contributed by atoms with van der Waals surface area (Å²) in [5.74, 6) is -1.85. The molecule has 0 saturated carbocycles. The number of rotatable bonds is 8. The molecule has 11 heteroatoms. The summed E-state index contributed by atoms with van der Waals surface area (Å²) in [7, 11) is -3.37. The molecule has 2 saturated heterocycles. The molecule has 0 unspecified atom stereocenters. The first kappa shape index (κ1) is 28.2. The van der Waals surface area contributed by atoms with Crippen LogP contribution < -0.4 is 5.32 Å². The Morgan fingerprint density at radius 3 is 2.42 bits per heavy atom. The fraction of sp³-hybridized carbons (Fsp3) is 0.600. The van der Waals surface area contributed by atoms with Gasteiger partial charge < -0.3 is 10.2 Å². The Morgan fingerprint density at radius 2 is 1.83 bits per heavy atom. The van der Waals surface area contributed by atoms with Gasteiger partial charge in [0.25, 0.3) is 12.3 Å². The molecule has 36 heavy (non-hydrogen) atoms. The van der Waals surface area contributed by atoms with E-state index in [1.54, 1.807) is 11.8 Å². The number of benzene rings is 1. The molecule has 3 rings (SSSR count). The Labute approximate surface area is 210 Å². The number of nitrogens with zero attached hydrogens (tertiary/aromatic N) is 2. The number of piperidine rings is 1. The van der Waals surface area contributed by atoms with E-state index in [0.29, 0.717) is 6.54 Å². The van der Waals surface area contributed by atoms with Gasteiger partial charge in [-0.05, 0) is 25.0 Å². The fourth-order valence-corrected chi connectivity index (χ4v) is 5.51. The summed E-state index contributed by atoms with van der Waals surface area (Å²) in [6.07, 6.45) is -0.619. The van der Waals surface area contributed by atoms with Crippen molar-refractivity contribution in [2.75, 3.05) is 39.0 Å². The van der Waals surface area contributed by atoms with Gasteiger partial charge >= 0.3 is 0 Å². The number of halogens is 3. The van der Waals surface area contributed by atoms with Crippen molar-refractivity contribution in [1.82, 2.24) is 15.1 Å². The lowest BCUT2D eigenvalue weighted by Gasteiger charge is -2.37. The van der Waals surface area contributed by atoms with Crippen LogP contribution in [0, 0.1) is 12.8 Å². The van der Waals surface area contributed by atoms with Crippen LogP contribution in [0.15, 0.2) is 35.7 Å². The molecule has 2 aliphatic heterocycles. The van der Waals surface area contributed by atoms with E-state index in [-0.39, 0.29) is 44.3 Å². The third-order valence-corrected chi connectivity index (χ3v) is 7.60. The van der Waals surface area contributed by atoms with Gasteiger partial charge in [0, 0.05) is 62.6 Å². The van der Waals surface area contributed by atoms with Crippen molar-refractivity contribution < 1.29 is 31.2 Å². The van der Waals surface area contributed by atoms with E-state index in [9.17, 15) is 26.8 Å². The van der Waals surface area contributed by atoms with E-state index >= 15 is 4.39 Å². The zero-order valence-corrected chi connectivity index (χ0v) is 21.6. The first-order valence-electron chi connectivity index (χ1n) is 12.0. The number of alkyl halides is 3. The topological polar surface area (TPSA) is 86.8 Å². The summed E-state index contributed by atoms with van der Waals surface area (Å²) >= 11 is 0. The summed E-state index contributed by atoms with van der Waals surface area (Å²) < 4.78 is 64.1. The molecule has 0 spiro atoms. The number of amides is 2. The van der Waals surface area contributed by atoms with Crippen molar-refractivity contribution in [1.29, 1.82) is 0 Å². The van der Waals surface area contributed by atoms with Gasteiger partial charge in [-0.1, -0.05) is 30.3 Å². The van der Waals surface area contributed by atoms with Gasteiger partial charge in [0.2, 0.25) is 5.91 Å². The largest absolute Gasteiger partial charge is 0.347 e. The molecule has 0 bridgehead atoms. The van der Waals surface area contributed by atoms with Crippen LogP contribution in [0.5, 0.6) is 0 Å². The Morgan fingerprint density at radius 1 is 1.19 bits per heavy atom. The number of hydrogen-bond acceptors (Lipinski definition) is 5. The molecule has 3 atom stereocenters. The minimum Gasteiger partial charge on any atom is -0.347 e. The normalized spacial score (nSPS) is 23.8. The molecule has 200 valence electrons. The maximum absolute atomic E-state index is 15.4. The second-order valence-electron chi connectivity index (χ2n) is 9.89. The van der Waals surface area contributed by atoms with E-state index in [1.165, 1.54) is 11.0 Å². The Kier molecular flexibility index (Phi) is 8.87. The van der Waals surface area contributed by atoms with Crippen molar-refractivity contribution in [3.05, 3.63) is 46.9 Å². The second-order valence-corrected chi connectivity index (χ2v) is 11.8. The average molecular weight is 530 g/mol. The third kappa shape index (κ3) is 7.09. The average Bonchev–Trinajstić information content (AvgIpc) is 3.20. The zero-order valence-electron chi connectivity index (χ0n) is 20.8. The highest BCUT2D eigenvalue weighted by Gasteiger charge is 2.46. The van der Waals surface area contributed by atoms with E-state index in [0.717, 1.165) is 22.8 Å². The number of aryl methyl sites for hydroxylation is 1. The van der Waals surface area contributed by atoms with E-state index in [4.69, 9.17) is 0 Å². The Bertz CT molecular complexity index is 1090. The summed E-state index contributed by atoms with van der Waals surface area (Å²) in [4.78, 5) is 29.2. The molecule has 0 aromatic heterocycles. The number of carbonyl (C=O) groups is 2. The lowest BCUT2D eigenvalue weighted by molar-refractivity contribution is -0.144. The summed E-state index contributed by atoms with van der Waals surface area (Å²) in [6, 6.07) is 6.90. The predicted octanol–water partition coefficient (Wildman–Crippen LogP) is 2.67. The van der Waals surface area contributed by atoms with E-state index in [2.05, 4.69) is 5.32 Å². The number of sulfone groups is 1. The van der Waals surface area contributed by atoms with E-state index in [1.807, 2.05) is 31.2 Å². The monoisotopic (exact) mass is 529 g/mol. The van der Waals surface area contributed by atoms with Crippen molar-refractivity contribution in [2.24, 2.45) is 5.92 Å².